The maximum absolute atomic E-state index is 10.2. The van der Waals surface area contributed by atoms with E-state index >= 15 is 0 Å². The maximum Gasteiger partial charge on any atom is 0.335 e. The molecule has 0 aromatic heterocycles. The number of aromatic carboxylic acids is 1. The van der Waals surface area contributed by atoms with E-state index in [1.165, 1.54) is 0 Å². The zero-order valence-corrected chi connectivity index (χ0v) is 15.4. The third-order valence-corrected chi connectivity index (χ3v) is 2.92. The first-order chi connectivity index (χ1) is 12.7. The molecule has 4 N–H and O–H groups in total. The normalized spacial score (nSPS) is 12.0. The maximum atomic E-state index is 10.2. The van der Waals surface area contributed by atoms with Gasteiger partial charge in [-0.15, -0.1) is 0 Å². The average Bonchev–Trinajstić information content (AvgIpc) is 2.61. The Kier molecular flexibility index (Phi) is 12.7. The van der Waals surface area contributed by atoms with E-state index in [-0.39, 0.29) is 12.2 Å². The van der Waals surface area contributed by atoms with Gasteiger partial charge in [-0.25, -0.2) is 9.59 Å². The molecule has 2 rings (SSSR count). The van der Waals surface area contributed by atoms with Gasteiger partial charge in [0.05, 0.1) is 17.8 Å². The van der Waals surface area contributed by atoms with E-state index < -0.39 is 11.9 Å². The molecule has 0 aliphatic carbocycles. The van der Waals surface area contributed by atoms with Gasteiger partial charge in [0, 0.05) is 6.08 Å². The summed E-state index contributed by atoms with van der Waals surface area (Å²) in [6.45, 7) is 3.32. The van der Waals surface area contributed by atoms with Gasteiger partial charge in [-0.2, -0.15) is 0 Å². The number of carboxylic acid groups (broad SMARTS) is 2. The Morgan fingerprint density at radius 2 is 1.30 bits per heavy atom. The molecular weight excluding hydrogens is 348 g/mol. The van der Waals surface area contributed by atoms with Crippen LogP contribution in [-0.2, 0) is 4.79 Å². The lowest BCUT2D eigenvalue weighted by atomic mass is 10.2. The lowest BCUT2D eigenvalue weighted by Crippen LogP contribution is -2.10. The van der Waals surface area contributed by atoms with Gasteiger partial charge >= 0.3 is 11.9 Å². The van der Waals surface area contributed by atoms with Crippen molar-refractivity contribution in [3.63, 3.8) is 0 Å². The van der Waals surface area contributed by atoms with Gasteiger partial charge in [0.1, 0.15) is 0 Å². The molecule has 0 aliphatic rings. The number of aliphatic carboxylic acids is 1. The fraction of sp³-hybridized carbons (Fsp3) is 0.238. The van der Waals surface area contributed by atoms with Gasteiger partial charge in [-0.3, -0.25) is 0 Å². The molecule has 0 radical (unpaired) electrons. The topological polar surface area (TPSA) is 115 Å². The largest absolute Gasteiger partial charge is 0.478 e. The summed E-state index contributed by atoms with van der Waals surface area (Å²) in [5, 5.41) is 33.8. The minimum absolute atomic E-state index is 0.331. The molecule has 2 aromatic carbocycles. The summed E-state index contributed by atoms with van der Waals surface area (Å²) in [6, 6.07) is 17.6. The van der Waals surface area contributed by atoms with E-state index in [1.54, 1.807) is 50.3 Å². The van der Waals surface area contributed by atoms with E-state index in [1.807, 2.05) is 30.3 Å². The molecule has 0 saturated heterocycles. The van der Waals surface area contributed by atoms with Gasteiger partial charge in [0.25, 0.3) is 0 Å². The van der Waals surface area contributed by atoms with Gasteiger partial charge in [-0.1, -0.05) is 48.5 Å². The van der Waals surface area contributed by atoms with Crippen LogP contribution >= 0.6 is 0 Å². The third-order valence-electron chi connectivity index (χ3n) is 2.92. The molecule has 146 valence electrons. The van der Waals surface area contributed by atoms with Crippen molar-refractivity contribution in [1.82, 2.24) is 0 Å². The van der Waals surface area contributed by atoms with Crippen LogP contribution in [0, 0.1) is 0 Å². The smallest absolute Gasteiger partial charge is 0.335 e. The summed E-state index contributed by atoms with van der Waals surface area (Å²) in [6.07, 6.45) is 2.40. The highest BCUT2D eigenvalue weighted by atomic mass is 16.4. The first-order valence-electron chi connectivity index (χ1n) is 8.33. The second-order valence-corrected chi connectivity index (χ2v) is 5.69. The van der Waals surface area contributed by atoms with Gasteiger partial charge in [0.2, 0.25) is 0 Å². The Bertz CT molecular complexity index is 672. The second kappa shape index (κ2) is 14.2. The second-order valence-electron chi connectivity index (χ2n) is 5.69. The highest BCUT2D eigenvalue weighted by Gasteiger charge is 1.99. The van der Waals surface area contributed by atoms with Crippen LogP contribution in [0.25, 0.3) is 6.08 Å². The van der Waals surface area contributed by atoms with Crippen molar-refractivity contribution in [3.8, 4) is 0 Å². The molecule has 0 amide bonds. The van der Waals surface area contributed by atoms with Crippen molar-refractivity contribution in [1.29, 1.82) is 0 Å². The lowest BCUT2D eigenvalue weighted by molar-refractivity contribution is -0.131. The van der Waals surface area contributed by atoms with Crippen molar-refractivity contribution in [3.05, 3.63) is 77.9 Å². The van der Waals surface area contributed by atoms with Crippen molar-refractivity contribution in [2.24, 2.45) is 0 Å². The zero-order valence-electron chi connectivity index (χ0n) is 15.4. The van der Waals surface area contributed by atoms with Crippen LogP contribution in [0.1, 0.15) is 36.2 Å². The standard InChI is InChI=1S/C9H8O2.C7H6O2.C5H12O2/c10-9(11)7-6-8-4-2-1-3-5-8;8-7(9)6-4-2-1-3-5-6;1-4(6)3-5(2)7/h1-7H,(H,10,11);1-5H,(H,8,9);4-7H,3H2,1-2H3. The molecule has 0 bridgehead atoms. The number of hydrogen-bond donors (Lipinski definition) is 4. The minimum atomic E-state index is -0.922. The highest BCUT2D eigenvalue weighted by molar-refractivity contribution is 5.87. The van der Waals surface area contributed by atoms with E-state index in [9.17, 15) is 9.59 Å². The van der Waals surface area contributed by atoms with E-state index in [0.29, 0.717) is 12.0 Å². The molecule has 0 spiro atoms. The van der Waals surface area contributed by atoms with Crippen LogP contribution in [0.4, 0.5) is 0 Å². The molecule has 27 heavy (non-hydrogen) atoms. The predicted octanol–water partition coefficient (Wildman–Crippen LogP) is 3.31. The molecule has 2 aromatic rings. The van der Waals surface area contributed by atoms with Gasteiger partial charge < -0.3 is 20.4 Å². The van der Waals surface area contributed by atoms with Crippen LogP contribution in [0.15, 0.2) is 66.7 Å². The van der Waals surface area contributed by atoms with Gasteiger partial charge in [-0.05, 0) is 44.0 Å². The van der Waals surface area contributed by atoms with Gasteiger partial charge in [0.15, 0.2) is 0 Å². The van der Waals surface area contributed by atoms with Crippen LogP contribution < -0.4 is 0 Å². The Morgan fingerprint density at radius 1 is 0.852 bits per heavy atom. The van der Waals surface area contributed by atoms with Crippen molar-refractivity contribution in [2.75, 3.05) is 0 Å². The van der Waals surface area contributed by atoms with E-state index in [4.69, 9.17) is 20.4 Å². The summed E-state index contributed by atoms with van der Waals surface area (Å²) in [4.78, 5) is 20.3. The first kappa shape index (κ1) is 24.0. The molecule has 0 heterocycles. The molecule has 6 nitrogen and oxygen atoms in total. The molecular formula is C21H26O6. The number of carboxylic acids is 2. The Hall–Kier alpha value is -2.96. The molecule has 2 atom stereocenters. The number of rotatable bonds is 5. The van der Waals surface area contributed by atoms with Crippen LogP contribution in [-0.4, -0.2) is 44.6 Å². The van der Waals surface area contributed by atoms with Crippen molar-refractivity contribution in [2.45, 2.75) is 32.5 Å². The Morgan fingerprint density at radius 3 is 1.59 bits per heavy atom. The highest BCUT2D eigenvalue weighted by Crippen LogP contribution is 2.00. The number of hydrogen-bond acceptors (Lipinski definition) is 4. The van der Waals surface area contributed by atoms with E-state index in [2.05, 4.69) is 0 Å². The Balaban J connectivity index is 0.000000387. The Labute approximate surface area is 159 Å². The number of carbonyl (C=O) groups is 2. The average molecular weight is 374 g/mol. The molecule has 0 saturated carbocycles. The lowest BCUT2D eigenvalue weighted by Gasteiger charge is -2.04. The summed E-state index contributed by atoms with van der Waals surface area (Å²) < 4.78 is 0. The fourth-order valence-corrected chi connectivity index (χ4v) is 1.81. The first-order valence-corrected chi connectivity index (χ1v) is 8.33. The SMILES string of the molecule is CC(O)CC(C)O.O=C(O)C=Cc1ccccc1.O=C(O)c1ccccc1. The molecule has 6 heteroatoms. The van der Waals surface area contributed by atoms with E-state index in [0.717, 1.165) is 11.6 Å². The summed E-state index contributed by atoms with van der Waals surface area (Å²) in [5.41, 5.74) is 1.23. The summed E-state index contributed by atoms with van der Waals surface area (Å²) in [5.74, 6) is -1.80. The van der Waals surface area contributed by atoms with Crippen LogP contribution in [0.5, 0.6) is 0 Å². The fourth-order valence-electron chi connectivity index (χ4n) is 1.81. The molecule has 0 aliphatic heterocycles. The zero-order chi connectivity index (χ0) is 20.7. The quantitative estimate of drug-likeness (QED) is 0.597. The van der Waals surface area contributed by atoms with Crippen LogP contribution in [0.2, 0.25) is 0 Å². The van der Waals surface area contributed by atoms with Crippen molar-refractivity contribution >= 4 is 18.0 Å². The third kappa shape index (κ3) is 15.0. The number of aliphatic hydroxyl groups is 2. The number of benzene rings is 2. The van der Waals surface area contributed by atoms with Crippen LogP contribution in [0.3, 0.4) is 0 Å². The summed E-state index contributed by atoms with van der Waals surface area (Å²) in [7, 11) is 0. The predicted molar refractivity (Wildman–Crippen MR) is 104 cm³/mol. The minimum Gasteiger partial charge on any atom is -0.478 e. The number of aliphatic hydroxyl groups excluding tert-OH is 2. The molecule has 2 unspecified atom stereocenters. The van der Waals surface area contributed by atoms with Crippen molar-refractivity contribution < 1.29 is 30.0 Å². The molecule has 0 fully saturated rings. The monoisotopic (exact) mass is 374 g/mol. The summed E-state index contributed by atoms with van der Waals surface area (Å²) >= 11 is 0.